The Bertz CT molecular complexity index is 518. The first-order valence-corrected chi connectivity index (χ1v) is 4.31. The molecule has 2 heteroatoms. The summed E-state index contributed by atoms with van der Waals surface area (Å²) in [6.07, 6.45) is 0. The first-order valence-electron chi connectivity index (χ1n) is 4.31. The molecule has 1 nitrogen and oxygen atoms in total. The van der Waals surface area contributed by atoms with E-state index in [4.69, 9.17) is 4.42 Å². The molecule has 65 valence electrons. The monoisotopic (exact) mass is 179 g/mol. The normalized spacial score (nSPS) is 10.3. The summed E-state index contributed by atoms with van der Waals surface area (Å²) in [4.78, 5) is 0. The molecule has 3 aromatic rings. The predicted octanol–water partition coefficient (Wildman–Crippen LogP) is 3.21. The Morgan fingerprint density at radius 2 is 1.07 bits per heavy atom. The van der Waals surface area contributed by atoms with E-state index in [0.717, 1.165) is 11.2 Å². The van der Waals surface area contributed by atoms with Gasteiger partial charge in [-0.15, -0.1) is 0 Å². The molecule has 0 aliphatic heterocycles. The van der Waals surface area contributed by atoms with Crippen molar-refractivity contribution >= 4 is 30.4 Å². The predicted molar refractivity (Wildman–Crippen MR) is 59.5 cm³/mol. The molecule has 0 saturated carbocycles. The number of hydrogen-bond acceptors (Lipinski definition) is 1. The molecule has 0 atom stereocenters. The summed E-state index contributed by atoms with van der Waals surface area (Å²) < 4.78 is 5.65. The Hall–Kier alpha value is -1.70. The maximum atomic E-state index is 5.65. The van der Waals surface area contributed by atoms with E-state index < -0.39 is 0 Å². The number of furan rings is 1. The van der Waals surface area contributed by atoms with Gasteiger partial charge in [0.25, 0.3) is 0 Å². The smallest absolute Gasteiger partial charge is 0.135 e. The average Bonchev–Trinajstić information content (AvgIpc) is 2.56. The molecule has 1 heterocycles. The van der Waals surface area contributed by atoms with E-state index >= 15 is 0 Å². The minimum atomic E-state index is 0. The van der Waals surface area contributed by atoms with Gasteiger partial charge in [0.1, 0.15) is 11.2 Å². The van der Waals surface area contributed by atoms with E-state index in [9.17, 15) is 0 Å². The minimum Gasteiger partial charge on any atom is -0.456 e. The Morgan fingerprint density at radius 1 is 0.643 bits per heavy atom. The van der Waals surface area contributed by atoms with E-state index in [1.54, 1.807) is 0 Å². The molecule has 0 unspecified atom stereocenters. The maximum absolute atomic E-state index is 5.65. The third-order valence-corrected chi connectivity index (χ3v) is 2.28. The van der Waals surface area contributed by atoms with Crippen LogP contribution in [0.3, 0.4) is 0 Å². The molecular formula is C12H8BO. The van der Waals surface area contributed by atoms with Crippen molar-refractivity contribution in [3.63, 3.8) is 0 Å². The van der Waals surface area contributed by atoms with Crippen LogP contribution in [0.25, 0.3) is 21.9 Å². The summed E-state index contributed by atoms with van der Waals surface area (Å²) in [7, 11) is 0. The fourth-order valence-corrected chi connectivity index (χ4v) is 1.67. The number of fused-ring (bicyclic) bond motifs is 3. The SMILES string of the molecule is [B].c1ccc2c(c1)oc1ccccc12. The first kappa shape index (κ1) is 8.88. The van der Waals surface area contributed by atoms with Gasteiger partial charge in [0.05, 0.1) is 0 Å². The zero-order valence-corrected chi connectivity index (χ0v) is 7.60. The zero-order valence-electron chi connectivity index (χ0n) is 7.60. The van der Waals surface area contributed by atoms with E-state index in [0.29, 0.717) is 0 Å². The Kier molecular flexibility index (Phi) is 2.04. The average molecular weight is 179 g/mol. The fourth-order valence-electron chi connectivity index (χ4n) is 1.67. The van der Waals surface area contributed by atoms with Gasteiger partial charge in [0.15, 0.2) is 0 Å². The number of benzene rings is 2. The second kappa shape index (κ2) is 3.22. The van der Waals surface area contributed by atoms with Crippen LogP contribution >= 0.6 is 0 Å². The van der Waals surface area contributed by atoms with Crippen LogP contribution < -0.4 is 0 Å². The number of para-hydroxylation sites is 2. The molecule has 1 aromatic heterocycles. The van der Waals surface area contributed by atoms with Gasteiger partial charge in [0.2, 0.25) is 0 Å². The highest BCUT2D eigenvalue weighted by molar-refractivity contribution is 6.04. The summed E-state index contributed by atoms with van der Waals surface area (Å²) in [5.74, 6) is 0. The lowest BCUT2D eigenvalue weighted by Crippen LogP contribution is -1.62. The molecular weight excluding hydrogens is 171 g/mol. The molecule has 3 rings (SSSR count). The highest BCUT2D eigenvalue weighted by Gasteiger charge is 2.02. The maximum Gasteiger partial charge on any atom is 0.135 e. The summed E-state index contributed by atoms with van der Waals surface area (Å²) in [6, 6.07) is 16.2. The lowest BCUT2D eigenvalue weighted by Gasteiger charge is -1.85. The van der Waals surface area contributed by atoms with Crippen molar-refractivity contribution in [1.29, 1.82) is 0 Å². The van der Waals surface area contributed by atoms with E-state index in [1.807, 2.05) is 36.4 Å². The van der Waals surface area contributed by atoms with Crippen LogP contribution in [-0.4, -0.2) is 8.41 Å². The van der Waals surface area contributed by atoms with Crippen molar-refractivity contribution in [2.24, 2.45) is 0 Å². The minimum absolute atomic E-state index is 0. The van der Waals surface area contributed by atoms with Crippen molar-refractivity contribution in [1.82, 2.24) is 0 Å². The van der Waals surface area contributed by atoms with Crippen molar-refractivity contribution in [3.05, 3.63) is 48.5 Å². The summed E-state index contributed by atoms with van der Waals surface area (Å²) >= 11 is 0. The summed E-state index contributed by atoms with van der Waals surface area (Å²) in [5.41, 5.74) is 1.92. The van der Waals surface area contributed by atoms with Crippen molar-refractivity contribution in [2.45, 2.75) is 0 Å². The lowest BCUT2D eigenvalue weighted by atomic mass is 10.2. The van der Waals surface area contributed by atoms with Crippen LogP contribution in [0, 0.1) is 0 Å². The van der Waals surface area contributed by atoms with E-state index in [-0.39, 0.29) is 8.41 Å². The molecule has 0 aliphatic carbocycles. The highest BCUT2D eigenvalue weighted by atomic mass is 16.3. The summed E-state index contributed by atoms with van der Waals surface area (Å²) in [6.45, 7) is 0. The standard InChI is InChI=1S/C12H8O.B/c1-3-7-11-9(5-1)10-6-2-4-8-12(10)13-11;/h1-8H;. The van der Waals surface area contributed by atoms with Gasteiger partial charge >= 0.3 is 0 Å². The Balaban J connectivity index is 0.000000750. The molecule has 14 heavy (non-hydrogen) atoms. The van der Waals surface area contributed by atoms with Crippen molar-refractivity contribution < 1.29 is 4.42 Å². The fraction of sp³-hybridized carbons (Fsp3) is 0. The van der Waals surface area contributed by atoms with Gasteiger partial charge in [0, 0.05) is 19.2 Å². The Morgan fingerprint density at radius 3 is 1.57 bits per heavy atom. The van der Waals surface area contributed by atoms with Crippen molar-refractivity contribution in [3.8, 4) is 0 Å². The quantitative estimate of drug-likeness (QED) is 0.483. The largest absolute Gasteiger partial charge is 0.456 e. The summed E-state index contributed by atoms with van der Waals surface area (Å²) in [5, 5.41) is 2.39. The molecule has 0 bridgehead atoms. The van der Waals surface area contributed by atoms with Crippen LogP contribution in [0.1, 0.15) is 0 Å². The van der Waals surface area contributed by atoms with Gasteiger partial charge in [-0.2, -0.15) is 0 Å². The number of hydrogen-bond donors (Lipinski definition) is 0. The second-order valence-corrected chi connectivity index (χ2v) is 3.09. The Labute approximate surface area is 83.9 Å². The molecule has 2 aromatic carbocycles. The van der Waals surface area contributed by atoms with Crippen LogP contribution in [-0.2, 0) is 0 Å². The van der Waals surface area contributed by atoms with Gasteiger partial charge < -0.3 is 4.42 Å². The van der Waals surface area contributed by atoms with Crippen molar-refractivity contribution in [2.75, 3.05) is 0 Å². The van der Waals surface area contributed by atoms with E-state index in [2.05, 4.69) is 12.1 Å². The third-order valence-electron chi connectivity index (χ3n) is 2.28. The van der Waals surface area contributed by atoms with Crippen LogP contribution in [0.2, 0.25) is 0 Å². The van der Waals surface area contributed by atoms with Crippen LogP contribution in [0.5, 0.6) is 0 Å². The second-order valence-electron chi connectivity index (χ2n) is 3.09. The zero-order chi connectivity index (χ0) is 8.67. The van der Waals surface area contributed by atoms with Crippen LogP contribution in [0.15, 0.2) is 52.9 Å². The van der Waals surface area contributed by atoms with Gasteiger partial charge in [-0.1, -0.05) is 36.4 Å². The first-order chi connectivity index (χ1) is 6.45. The molecule has 0 amide bonds. The highest BCUT2D eigenvalue weighted by Crippen LogP contribution is 2.27. The molecule has 0 aliphatic rings. The van der Waals surface area contributed by atoms with Gasteiger partial charge in [-0.25, -0.2) is 0 Å². The van der Waals surface area contributed by atoms with Gasteiger partial charge in [-0.3, -0.25) is 0 Å². The molecule has 0 fully saturated rings. The lowest BCUT2D eigenvalue weighted by molar-refractivity contribution is 0.669. The molecule has 3 radical (unpaired) electrons. The third kappa shape index (κ3) is 1.11. The topological polar surface area (TPSA) is 13.1 Å². The molecule has 0 N–H and O–H groups in total. The number of rotatable bonds is 0. The van der Waals surface area contributed by atoms with Crippen LogP contribution in [0.4, 0.5) is 0 Å². The molecule has 0 spiro atoms. The van der Waals surface area contributed by atoms with Gasteiger partial charge in [-0.05, 0) is 12.1 Å². The van der Waals surface area contributed by atoms with E-state index in [1.165, 1.54) is 10.8 Å². The molecule has 0 saturated heterocycles.